The van der Waals surface area contributed by atoms with Crippen LogP contribution in [0.25, 0.3) is 4.96 Å². The van der Waals surface area contributed by atoms with Crippen molar-refractivity contribution in [2.24, 2.45) is 5.84 Å². The molecule has 18 heavy (non-hydrogen) atoms. The molecule has 0 aliphatic carbocycles. The molecule has 3 N–H and O–H groups in total. The first kappa shape index (κ1) is 11.8. The lowest BCUT2D eigenvalue weighted by Gasteiger charge is -2.11. The minimum absolute atomic E-state index is 0.0702. The Morgan fingerprint density at radius 3 is 3.11 bits per heavy atom. The maximum Gasteiger partial charge on any atom is 0.193 e. The van der Waals surface area contributed by atoms with Crippen molar-refractivity contribution in [2.45, 2.75) is 19.4 Å². The lowest BCUT2D eigenvalue weighted by Crippen LogP contribution is -2.29. The molecule has 0 amide bonds. The Kier molecular flexibility index (Phi) is 3.13. The number of aryl methyl sites for hydroxylation is 1. The van der Waals surface area contributed by atoms with Gasteiger partial charge in [0.15, 0.2) is 4.96 Å². The first-order valence-electron chi connectivity index (χ1n) is 5.56. The van der Waals surface area contributed by atoms with Gasteiger partial charge in [-0.05, 0) is 6.92 Å². The van der Waals surface area contributed by atoms with Gasteiger partial charge in [0, 0.05) is 35.3 Å². The quantitative estimate of drug-likeness (QED) is 0.565. The summed E-state index contributed by atoms with van der Waals surface area (Å²) in [5.41, 5.74) is 3.88. The van der Waals surface area contributed by atoms with Crippen LogP contribution < -0.4 is 11.3 Å². The average molecular weight is 279 g/mol. The summed E-state index contributed by atoms with van der Waals surface area (Å²) >= 11 is 3.30. The number of hydrogen-bond acceptors (Lipinski definition) is 6. The topological polar surface area (TPSA) is 68.2 Å². The average Bonchev–Trinajstić information content (AvgIpc) is 3.00. The van der Waals surface area contributed by atoms with Crippen LogP contribution in [0.3, 0.4) is 0 Å². The fourth-order valence-electron chi connectivity index (χ4n) is 1.86. The molecule has 94 valence electrons. The first-order valence-corrected chi connectivity index (χ1v) is 7.25. The minimum atomic E-state index is 0.0702. The summed E-state index contributed by atoms with van der Waals surface area (Å²) in [7, 11) is 0. The molecule has 5 nitrogen and oxygen atoms in total. The zero-order chi connectivity index (χ0) is 12.5. The first-order chi connectivity index (χ1) is 8.76. The maximum atomic E-state index is 5.63. The predicted molar refractivity (Wildman–Crippen MR) is 73.7 cm³/mol. The molecule has 0 aliphatic heterocycles. The number of nitrogens with zero attached hydrogens (tertiary/aromatic N) is 3. The molecule has 3 rings (SSSR count). The Morgan fingerprint density at radius 1 is 1.56 bits per heavy atom. The third kappa shape index (κ3) is 2.17. The van der Waals surface area contributed by atoms with Crippen molar-refractivity contribution in [3.8, 4) is 0 Å². The number of rotatable bonds is 4. The SMILES string of the molecule is Cc1ncc(C(Cc2cn3ccsc3n2)NN)s1. The molecule has 0 fully saturated rings. The van der Waals surface area contributed by atoms with Gasteiger partial charge < -0.3 is 0 Å². The maximum absolute atomic E-state index is 5.63. The lowest BCUT2D eigenvalue weighted by molar-refractivity contribution is 0.555. The summed E-state index contributed by atoms with van der Waals surface area (Å²) in [6.45, 7) is 1.99. The van der Waals surface area contributed by atoms with Crippen LogP contribution in [-0.4, -0.2) is 14.4 Å². The van der Waals surface area contributed by atoms with Gasteiger partial charge in [-0.2, -0.15) is 0 Å². The predicted octanol–water partition coefficient (Wildman–Crippen LogP) is 1.91. The van der Waals surface area contributed by atoms with E-state index in [0.717, 1.165) is 27.0 Å². The largest absolute Gasteiger partial charge is 0.297 e. The number of nitrogens with two attached hydrogens (primary N) is 1. The second-order valence-electron chi connectivity index (χ2n) is 4.03. The summed E-state index contributed by atoms with van der Waals surface area (Å²) in [4.78, 5) is 11.0. The zero-order valence-electron chi connectivity index (χ0n) is 9.83. The Bertz CT molecular complexity index is 625. The van der Waals surface area contributed by atoms with E-state index in [2.05, 4.69) is 15.4 Å². The van der Waals surface area contributed by atoms with E-state index >= 15 is 0 Å². The van der Waals surface area contributed by atoms with E-state index in [1.54, 1.807) is 22.7 Å². The number of nitrogens with one attached hydrogen (secondary N) is 1. The van der Waals surface area contributed by atoms with E-state index in [9.17, 15) is 0 Å². The van der Waals surface area contributed by atoms with E-state index in [0.29, 0.717) is 0 Å². The summed E-state index contributed by atoms with van der Waals surface area (Å²) in [5.74, 6) is 5.63. The molecule has 0 bridgehead atoms. The van der Waals surface area contributed by atoms with Crippen LogP contribution in [0.5, 0.6) is 0 Å². The molecule has 0 saturated heterocycles. The molecule has 0 saturated carbocycles. The Labute approximate surface area is 112 Å². The number of thiazole rings is 2. The molecule has 3 aromatic rings. The van der Waals surface area contributed by atoms with E-state index in [4.69, 9.17) is 5.84 Å². The molecule has 0 spiro atoms. The highest BCUT2D eigenvalue weighted by atomic mass is 32.1. The van der Waals surface area contributed by atoms with Crippen molar-refractivity contribution in [2.75, 3.05) is 0 Å². The minimum Gasteiger partial charge on any atom is -0.297 e. The highest BCUT2D eigenvalue weighted by molar-refractivity contribution is 7.15. The van der Waals surface area contributed by atoms with E-state index in [-0.39, 0.29) is 6.04 Å². The van der Waals surface area contributed by atoms with Gasteiger partial charge in [-0.3, -0.25) is 15.7 Å². The second-order valence-corrected chi connectivity index (χ2v) is 6.17. The summed E-state index contributed by atoms with van der Waals surface area (Å²) < 4.78 is 2.03. The number of aromatic nitrogens is 3. The number of fused-ring (bicyclic) bond motifs is 1. The summed E-state index contributed by atoms with van der Waals surface area (Å²) in [5, 5.41) is 3.08. The standard InChI is InChI=1S/C11H13N5S2/c1-7-13-5-10(18-7)9(15-12)4-8-6-16-2-3-17-11(16)14-8/h2-3,5-6,9,15H,4,12H2,1H3. The van der Waals surface area contributed by atoms with Gasteiger partial charge in [-0.15, -0.1) is 22.7 Å². The molecule has 3 heterocycles. The van der Waals surface area contributed by atoms with Crippen molar-refractivity contribution in [3.63, 3.8) is 0 Å². The van der Waals surface area contributed by atoms with Crippen molar-refractivity contribution in [1.82, 2.24) is 19.8 Å². The van der Waals surface area contributed by atoms with Gasteiger partial charge >= 0.3 is 0 Å². The van der Waals surface area contributed by atoms with Gasteiger partial charge in [0.2, 0.25) is 0 Å². The Balaban J connectivity index is 1.83. The molecule has 1 unspecified atom stereocenters. The third-order valence-electron chi connectivity index (χ3n) is 2.74. The summed E-state index contributed by atoms with van der Waals surface area (Å²) in [6, 6.07) is 0.0702. The van der Waals surface area contributed by atoms with E-state index < -0.39 is 0 Å². The number of hydrazine groups is 1. The zero-order valence-corrected chi connectivity index (χ0v) is 11.5. The number of hydrogen-bond donors (Lipinski definition) is 2. The molecule has 1 atom stereocenters. The number of imidazole rings is 1. The van der Waals surface area contributed by atoms with Gasteiger partial charge in [0.05, 0.1) is 16.7 Å². The van der Waals surface area contributed by atoms with Gasteiger partial charge in [-0.25, -0.2) is 9.97 Å². The van der Waals surface area contributed by atoms with Crippen LogP contribution in [-0.2, 0) is 6.42 Å². The van der Waals surface area contributed by atoms with E-state index in [1.165, 1.54) is 0 Å². The molecule has 7 heteroatoms. The monoisotopic (exact) mass is 279 g/mol. The molecule has 0 radical (unpaired) electrons. The van der Waals surface area contributed by atoms with Crippen molar-refractivity contribution < 1.29 is 0 Å². The molecule has 0 aliphatic rings. The third-order valence-corrected chi connectivity index (χ3v) is 4.54. The van der Waals surface area contributed by atoms with Gasteiger partial charge in [0.25, 0.3) is 0 Å². The van der Waals surface area contributed by atoms with Gasteiger partial charge in [-0.1, -0.05) is 0 Å². The molecular formula is C11H13N5S2. The van der Waals surface area contributed by atoms with Crippen LogP contribution >= 0.6 is 22.7 Å². The van der Waals surface area contributed by atoms with Crippen LogP contribution in [0.15, 0.2) is 24.0 Å². The van der Waals surface area contributed by atoms with Crippen LogP contribution in [0.4, 0.5) is 0 Å². The van der Waals surface area contributed by atoms with Crippen molar-refractivity contribution in [1.29, 1.82) is 0 Å². The lowest BCUT2D eigenvalue weighted by atomic mass is 10.1. The Morgan fingerprint density at radius 2 is 2.44 bits per heavy atom. The fraction of sp³-hybridized carbons (Fsp3) is 0.273. The summed E-state index contributed by atoms with van der Waals surface area (Å²) in [6.07, 6.45) is 6.71. The van der Waals surface area contributed by atoms with Crippen LogP contribution in [0, 0.1) is 6.92 Å². The highest BCUT2D eigenvalue weighted by Gasteiger charge is 2.15. The van der Waals surface area contributed by atoms with Crippen molar-refractivity contribution in [3.05, 3.63) is 39.5 Å². The molecule has 0 aromatic carbocycles. The van der Waals surface area contributed by atoms with Gasteiger partial charge in [0.1, 0.15) is 0 Å². The van der Waals surface area contributed by atoms with E-state index in [1.807, 2.05) is 35.3 Å². The van der Waals surface area contributed by atoms with Crippen molar-refractivity contribution >= 4 is 27.6 Å². The molecule has 3 aromatic heterocycles. The normalized spacial score (nSPS) is 13.2. The van der Waals surface area contributed by atoms with Crippen LogP contribution in [0.1, 0.15) is 21.6 Å². The second kappa shape index (κ2) is 4.77. The smallest absolute Gasteiger partial charge is 0.193 e. The van der Waals surface area contributed by atoms with Crippen LogP contribution in [0.2, 0.25) is 0 Å². The Hall–Kier alpha value is -1.28. The fourth-order valence-corrected chi connectivity index (χ4v) is 3.43. The molecular weight excluding hydrogens is 266 g/mol. The highest BCUT2D eigenvalue weighted by Crippen LogP contribution is 2.23.